The van der Waals surface area contributed by atoms with Gasteiger partial charge in [0.25, 0.3) is 0 Å². The van der Waals surface area contributed by atoms with Crippen molar-refractivity contribution >= 4 is 23.4 Å². The summed E-state index contributed by atoms with van der Waals surface area (Å²) in [4.78, 5) is 11.9. The average molecular weight is 296 g/mol. The molecule has 0 aromatic heterocycles. The number of carbonyl (C=O) groups is 1. The van der Waals surface area contributed by atoms with Crippen molar-refractivity contribution in [2.75, 3.05) is 30.5 Å². The van der Waals surface area contributed by atoms with Gasteiger partial charge in [0.15, 0.2) is 11.5 Å². The molecule has 0 aliphatic carbocycles. The number of hydrogen-bond donors (Lipinski definition) is 2. The molecule has 0 saturated heterocycles. The highest BCUT2D eigenvalue weighted by atomic mass is 32.2. The first-order chi connectivity index (χ1) is 9.70. The van der Waals surface area contributed by atoms with Gasteiger partial charge in [-0.1, -0.05) is 0 Å². The summed E-state index contributed by atoms with van der Waals surface area (Å²) in [5.41, 5.74) is 6.51. The van der Waals surface area contributed by atoms with E-state index in [2.05, 4.69) is 5.32 Å². The topological polar surface area (TPSA) is 73.6 Å². The molecule has 1 aliphatic heterocycles. The Balaban J connectivity index is 1.99. The van der Waals surface area contributed by atoms with Crippen LogP contribution in [0.3, 0.4) is 0 Å². The van der Waals surface area contributed by atoms with Crippen LogP contribution in [-0.2, 0) is 4.79 Å². The minimum absolute atomic E-state index is 0.173. The van der Waals surface area contributed by atoms with Crippen LogP contribution in [0.25, 0.3) is 0 Å². The maximum Gasteiger partial charge on any atom is 0.241 e. The SMILES string of the molecule is CSCC[C@H](N)C(=O)Nc1ccc2c(c1)OCCCO2. The van der Waals surface area contributed by atoms with Gasteiger partial charge in [0.2, 0.25) is 5.91 Å². The van der Waals surface area contributed by atoms with Crippen LogP contribution in [0.1, 0.15) is 12.8 Å². The van der Waals surface area contributed by atoms with E-state index >= 15 is 0 Å². The van der Waals surface area contributed by atoms with Crippen molar-refractivity contribution in [3.63, 3.8) is 0 Å². The predicted molar refractivity (Wildman–Crippen MR) is 81.7 cm³/mol. The van der Waals surface area contributed by atoms with Crippen molar-refractivity contribution < 1.29 is 14.3 Å². The molecule has 0 saturated carbocycles. The number of rotatable bonds is 5. The first kappa shape index (κ1) is 15.0. The Morgan fingerprint density at radius 3 is 2.90 bits per heavy atom. The molecule has 1 aromatic carbocycles. The first-order valence-electron chi connectivity index (χ1n) is 6.65. The summed E-state index contributed by atoms with van der Waals surface area (Å²) in [7, 11) is 0. The fraction of sp³-hybridized carbons (Fsp3) is 0.500. The molecule has 3 N–H and O–H groups in total. The van der Waals surface area contributed by atoms with Gasteiger partial charge >= 0.3 is 0 Å². The van der Waals surface area contributed by atoms with E-state index in [1.54, 1.807) is 23.9 Å². The highest BCUT2D eigenvalue weighted by Crippen LogP contribution is 2.32. The summed E-state index contributed by atoms with van der Waals surface area (Å²) in [5, 5.41) is 2.81. The number of fused-ring (bicyclic) bond motifs is 1. The van der Waals surface area contributed by atoms with E-state index < -0.39 is 6.04 Å². The largest absolute Gasteiger partial charge is 0.490 e. The van der Waals surface area contributed by atoms with Gasteiger partial charge in [-0.15, -0.1) is 0 Å². The smallest absolute Gasteiger partial charge is 0.241 e. The van der Waals surface area contributed by atoms with Crippen molar-refractivity contribution in [1.29, 1.82) is 0 Å². The van der Waals surface area contributed by atoms with Gasteiger partial charge in [-0.2, -0.15) is 11.8 Å². The van der Waals surface area contributed by atoms with Gasteiger partial charge in [-0.05, 0) is 30.6 Å². The average Bonchev–Trinajstić information content (AvgIpc) is 2.69. The van der Waals surface area contributed by atoms with Gasteiger partial charge < -0.3 is 20.5 Å². The number of ether oxygens (including phenoxy) is 2. The molecular formula is C14H20N2O3S. The van der Waals surface area contributed by atoms with Crippen LogP contribution in [0.15, 0.2) is 18.2 Å². The lowest BCUT2D eigenvalue weighted by atomic mass is 10.2. The zero-order valence-electron chi connectivity index (χ0n) is 11.6. The van der Waals surface area contributed by atoms with Crippen molar-refractivity contribution in [2.45, 2.75) is 18.9 Å². The van der Waals surface area contributed by atoms with Crippen LogP contribution in [0.5, 0.6) is 11.5 Å². The summed E-state index contributed by atoms with van der Waals surface area (Å²) < 4.78 is 11.1. The van der Waals surface area contributed by atoms with Gasteiger partial charge in [0.05, 0.1) is 19.3 Å². The van der Waals surface area contributed by atoms with E-state index in [4.69, 9.17) is 15.2 Å². The lowest BCUT2D eigenvalue weighted by molar-refractivity contribution is -0.117. The Morgan fingerprint density at radius 2 is 2.15 bits per heavy atom. The fourth-order valence-corrected chi connectivity index (χ4v) is 2.34. The zero-order chi connectivity index (χ0) is 14.4. The molecule has 1 aliphatic rings. The Hall–Kier alpha value is -1.40. The highest BCUT2D eigenvalue weighted by Gasteiger charge is 2.15. The molecule has 0 spiro atoms. The Kier molecular flexibility index (Phi) is 5.55. The van der Waals surface area contributed by atoms with E-state index in [0.29, 0.717) is 36.8 Å². The zero-order valence-corrected chi connectivity index (χ0v) is 12.4. The summed E-state index contributed by atoms with van der Waals surface area (Å²) in [6, 6.07) is 4.90. The number of amides is 1. The molecule has 20 heavy (non-hydrogen) atoms. The molecular weight excluding hydrogens is 276 g/mol. The van der Waals surface area contributed by atoms with Gasteiger partial charge in [-0.25, -0.2) is 0 Å². The van der Waals surface area contributed by atoms with E-state index in [1.807, 2.05) is 12.3 Å². The minimum atomic E-state index is -0.488. The van der Waals surface area contributed by atoms with Gasteiger partial charge in [0.1, 0.15) is 0 Å². The lowest BCUT2D eigenvalue weighted by Gasteiger charge is -2.13. The monoisotopic (exact) mass is 296 g/mol. The number of nitrogens with two attached hydrogens (primary N) is 1. The third-order valence-electron chi connectivity index (χ3n) is 2.98. The molecule has 0 bridgehead atoms. The maximum atomic E-state index is 11.9. The van der Waals surface area contributed by atoms with Crippen molar-refractivity contribution in [1.82, 2.24) is 0 Å². The summed E-state index contributed by atoms with van der Waals surface area (Å²) in [6.45, 7) is 1.27. The standard InChI is InChI=1S/C14H20N2O3S/c1-20-8-5-11(15)14(17)16-10-3-4-12-13(9-10)19-7-2-6-18-12/h3-4,9,11H,2,5-8,15H2,1H3,(H,16,17)/t11-/m0/s1. The highest BCUT2D eigenvalue weighted by molar-refractivity contribution is 7.98. The second-order valence-electron chi connectivity index (χ2n) is 4.59. The summed E-state index contributed by atoms with van der Waals surface area (Å²) in [6.07, 6.45) is 3.52. The van der Waals surface area contributed by atoms with Crippen LogP contribution in [-0.4, -0.2) is 37.2 Å². The summed E-state index contributed by atoms with van der Waals surface area (Å²) in [5.74, 6) is 2.08. The number of carbonyl (C=O) groups excluding carboxylic acids is 1. The second kappa shape index (κ2) is 7.40. The molecule has 1 atom stereocenters. The van der Waals surface area contributed by atoms with Crippen molar-refractivity contribution in [3.05, 3.63) is 18.2 Å². The second-order valence-corrected chi connectivity index (χ2v) is 5.57. The van der Waals surface area contributed by atoms with Crippen molar-refractivity contribution in [3.8, 4) is 11.5 Å². The molecule has 0 radical (unpaired) electrons. The van der Waals surface area contributed by atoms with E-state index in [0.717, 1.165) is 12.2 Å². The van der Waals surface area contributed by atoms with Crippen LogP contribution < -0.4 is 20.5 Å². The van der Waals surface area contributed by atoms with E-state index in [9.17, 15) is 4.79 Å². The van der Waals surface area contributed by atoms with Crippen LogP contribution in [0, 0.1) is 0 Å². The Labute approximate surface area is 123 Å². The molecule has 2 rings (SSSR count). The molecule has 0 unspecified atom stereocenters. The molecule has 6 heteroatoms. The molecule has 1 aromatic rings. The Bertz CT molecular complexity index is 468. The third-order valence-corrected chi connectivity index (χ3v) is 3.63. The lowest BCUT2D eigenvalue weighted by Crippen LogP contribution is -2.36. The molecule has 0 fully saturated rings. The number of nitrogens with one attached hydrogen (secondary N) is 1. The van der Waals surface area contributed by atoms with Gasteiger partial charge in [-0.3, -0.25) is 4.79 Å². The number of anilines is 1. The van der Waals surface area contributed by atoms with Gasteiger partial charge in [0, 0.05) is 18.2 Å². The van der Waals surface area contributed by atoms with E-state index in [-0.39, 0.29) is 5.91 Å². The van der Waals surface area contributed by atoms with Crippen LogP contribution >= 0.6 is 11.8 Å². The quantitative estimate of drug-likeness (QED) is 0.867. The third kappa shape index (κ3) is 4.05. The number of thioether (sulfide) groups is 1. The fourth-order valence-electron chi connectivity index (χ4n) is 1.85. The van der Waals surface area contributed by atoms with Crippen molar-refractivity contribution in [2.24, 2.45) is 5.73 Å². The predicted octanol–water partition coefficient (Wildman–Crippen LogP) is 1.87. The molecule has 1 heterocycles. The van der Waals surface area contributed by atoms with E-state index in [1.165, 1.54) is 0 Å². The van der Waals surface area contributed by atoms with Crippen LogP contribution in [0.2, 0.25) is 0 Å². The minimum Gasteiger partial charge on any atom is -0.490 e. The molecule has 1 amide bonds. The number of hydrogen-bond acceptors (Lipinski definition) is 5. The summed E-state index contributed by atoms with van der Waals surface area (Å²) >= 11 is 1.68. The molecule has 110 valence electrons. The first-order valence-corrected chi connectivity index (χ1v) is 8.05. The molecule has 5 nitrogen and oxygen atoms in total. The van der Waals surface area contributed by atoms with Crippen LogP contribution in [0.4, 0.5) is 5.69 Å². The number of benzene rings is 1. The maximum absolute atomic E-state index is 11.9. The normalized spacial score (nSPS) is 15.3. The Morgan fingerprint density at radius 1 is 1.40 bits per heavy atom.